The van der Waals surface area contributed by atoms with Gasteiger partial charge in [0.1, 0.15) is 11.4 Å². The molecule has 0 saturated heterocycles. The topological polar surface area (TPSA) is 102 Å². The monoisotopic (exact) mass is 262 g/mol. The highest BCUT2D eigenvalue weighted by molar-refractivity contribution is 6.07. The number of nitrogens with two attached hydrogens (primary N) is 1. The molecule has 1 amide bonds. The summed E-state index contributed by atoms with van der Waals surface area (Å²) in [5.41, 5.74) is 6.43. The van der Waals surface area contributed by atoms with Crippen molar-refractivity contribution in [3.05, 3.63) is 30.0 Å². The van der Waals surface area contributed by atoms with Crippen molar-refractivity contribution in [2.45, 2.75) is 0 Å². The van der Waals surface area contributed by atoms with Gasteiger partial charge in [0.15, 0.2) is 11.5 Å². The van der Waals surface area contributed by atoms with E-state index >= 15 is 0 Å². The van der Waals surface area contributed by atoms with E-state index in [0.29, 0.717) is 17.2 Å². The Kier molecular flexibility index (Phi) is 3.56. The number of carbonyl (C=O) groups excluding carboxylic acids is 1. The van der Waals surface area contributed by atoms with Gasteiger partial charge in [0.25, 0.3) is 5.91 Å². The summed E-state index contributed by atoms with van der Waals surface area (Å²) in [5, 5.41) is 8.89. The third-order valence-corrected chi connectivity index (χ3v) is 2.55. The molecule has 0 aliphatic heterocycles. The number of nitrogens with zero attached hydrogens (tertiary/aromatic N) is 1. The summed E-state index contributed by atoms with van der Waals surface area (Å²) < 4.78 is 10.3. The summed E-state index contributed by atoms with van der Waals surface area (Å²) in [6, 6.07) is 5.07. The summed E-state index contributed by atoms with van der Waals surface area (Å²) in [7, 11) is 3.07. The zero-order valence-electron chi connectivity index (χ0n) is 10.6. The highest BCUT2D eigenvalue weighted by atomic mass is 16.5. The molecule has 1 aromatic heterocycles. The predicted molar refractivity (Wildman–Crippen MR) is 70.5 cm³/mol. The number of hydrogen-bond acceptors (Lipinski definition) is 5. The first-order valence-corrected chi connectivity index (χ1v) is 5.48. The Morgan fingerprint density at radius 1 is 1.32 bits per heavy atom. The van der Waals surface area contributed by atoms with E-state index in [1.807, 2.05) is 0 Å². The maximum absolute atomic E-state index is 11.9. The smallest absolute Gasteiger partial charge is 0.261 e. The Morgan fingerprint density at radius 3 is 2.63 bits per heavy atom. The SMILES string of the molecule is COc1ccc(NC(=O)c2cn[nH]c2N)cc1OC. The molecule has 7 heteroatoms. The molecule has 0 aliphatic rings. The van der Waals surface area contributed by atoms with E-state index in [1.165, 1.54) is 13.3 Å². The van der Waals surface area contributed by atoms with Crippen LogP contribution in [-0.4, -0.2) is 30.3 Å². The van der Waals surface area contributed by atoms with Crippen molar-refractivity contribution in [1.29, 1.82) is 0 Å². The molecule has 4 N–H and O–H groups in total. The fraction of sp³-hybridized carbons (Fsp3) is 0.167. The molecule has 0 aliphatic carbocycles. The van der Waals surface area contributed by atoms with Gasteiger partial charge in [-0.2, -0.15) is 5.10 Å². The lowest BCUT2D eigenvalue weighted by molar-refractivity contribution is 0.102. The van der Waals surface area contributed by atoms with Gasteiger partial charge in [-0.05, 0) is 12.1 Å². The van der Waals surface area contributed by atoms with E-state index in [0.717, 1.165) is 0 Å². The molecule has 0 bridgehead atoms. The number of anilines is 2. The van der Waals surface area contributed by atoms with Crippen LogP contribution < -0.4 is 20.5 Å². The summed E-state index contributed by atoms with van der Waals surface area (Å²) >= 11 is 0. The fourth-order valence-corrected chi connectivity index (χ4v) is 1.59. The molecule has 0 radical (unpaired) electrons. The van der Waals surface area contributed by atoms with Crippen LogP contribution in [0.15, 0.2) is 24.4 Å². The largest absolute Gasteiger partial charge is 0.493 e. The number of H-pyrrole nitrogens is 1. The lowest BCUT2D eigenvalue weighted by Gasteiger charge is -2.10. The number of rotatable bonds is 4. The predicted octanol–water partition coefficient (Wildman–Crippen LogP) is 1.26. The Hall–Kier alpha value is -2.70. The van der Waals surface area contributed by atoms with Crippen LogP contribution in [0.1, 0.15) is 10.4 Å². The molecule has 7 nitrogen and oxygen atoms in total. The quantitative estimate of drug-likeness (QED) is 0.769. The third-order valence-electron chi connectivity index (χ3n) is 2.55. The molecule has 1 aromatic carbocycles. The number of ether oxygens (including phenoxy) is 2. The fourth-order valence-electron chi connectivity index (χ4n) is 1.59. The van der Waals surface area contributed by atoms with Crippen LogP contribution in [0, 0.1) is 0 Å². The van der Waals surface area contributed by atoms with Crippen LogP contribution in [0.4, 0.5) is 11.5 Å². The summed E-state index contributed by atoms with van der Waals surface area (Å²) in [6.07, 6.45) is 1.37. The van der Waals surface area contributed by atoms with Crippen LogP contribution >= 0.6 is 0 Å². The number of nitrogens with one attached hydrogen (secondary N) is 2. The second-order valence-electron chi connectivity index (χ2n) is 3.72. The van der Waals surface area contributed by atoms with Crippen LogP contribution in [0.2, 0.25) is 0 Å². The first-order valence-electron chi connectivity index (χ1n) is 5.48. The van der Waals surface area contributed by atoms with Crippen LogP contribution in [0.3, 0.4) is 0 Å². The molecule has 0 spiro atoms. The van der Waals surface area contributed by atoms with Gasteiger partial charge in [0.05, 0.1) is 20.4 Å². The number of amides is 1. The normalized spacial score (nSPS) is 10.0. The van der Waals surface area contributed by atoms with Crippen molar-refractivity contribution in [3.63, 3.8) is 0 Å². The molecule has 0 fully saturated rings. The molecule has 2 aromatic rings. The Balaban J connectivity index is 2.20. The second-order valence-corrected chi connectivity index (χ2v) is 3.72. The zero-order valence-corrected chi connectivity index (χ0v) is 10.6. The summed E-state index contributed by atoms with van der Waals surface area (Å²) in [4.78, 5) is 11.9. The van der Waals surface area contributed by atoms with Gasteiger partial charge in [0.2, 0.25) is 0 Å². The highest BCUT2D eigenvalue weighted by Crippen LogP contribution is 2.29. The highest BCUT2D eigenvalue weighted by Gasteiger charge is 2.13. The third kappa shape index (κ3) is 2.59. The van der Waals surface area contributed by atoms with Crippen LogP contribution in [0.5, 0.6) is 11.5 Å². The van der Waals surface area contributed by atoms with E-state index in [2.05, 4.69) is 15.5 Å². The maximum atomic E-state index is 11.9. The molecule has 0 atom stereocenters. The Morgan fingerprint density at radius 2 is 2.05 bits per heavy atom. The lowest BCUT2D eigenvalue weighted by Crippen LogP contribution is -2.13. The standard InChI is InChI=1S/C12H14N4O3/c1-18-9-4-3-7(5-10(9)19-2)15-12(17)8-6-14-16-11(8)13/h3-6H,1-2H3,(H,15,17)(H3,13,14,16). The van der Waals surface area contributed by atoms with E-state index in [9.17, 15) is 4.79 Å². The lowest BCUT2D eigenvalue weighted by atomic mass is 10.2. The van der Waals surface area contributed by atoms with Crippen molar-refractivity contribution in [2.24, 2.45) is 0 Å². The first kappa shape index (κ1) is 12.7. The second kappa shape index (κ2) is 5.30. The zero-order chi connectivity index (χ0) is 13.8. The van der Waals surface area contributed by atoms with Gasteiger partial charge in [-0.15, -0.1) is 0 Å². The van der Waals surface area contributed by atoms with Gasteiger partial charge in [-0.25, -0.2) is 0 Å². The first-order chi connectivity index (χ1) is 9.15. The molecule has 0 saturated carbocycles. The minimum absolute atomic E-state index is 0.220. The molecular weight excluding hydrogens is 248 g/mol. The number of carbonyl (C=O) groups is 1. The summed E-state index contributed by atoms with van der Waals surface area (Å²) in [6.45, 7) is 0. The van der Waals surface area contributed by atoms with Gasteiger partial charge in [-0.1, -0.05) is 0 Å². The van der Waals surface area contributed by atoms with E-state index in [4.69, 9.17) is 15.2 Å². The molecule has 1 heterocycles. The Labute approximate surface area is 109 Å². The Bertz CT molecular complexity index is 594. The molecule has 100 valence electrons. The maximum Gasteiger partial charge on any atom is 0.261 e. The van der Waals surface area contributed by atoms with Crippen molar-refractivity contribution in [3.8, 4) is 11.5 Å². The minimum Gasteiger partial charge on any atom is -0.493 e. The number of aromatic nitrogens is 2. The summed E-state index contributed by atoms with van der Waals surface area (Å²) in [5.74, 6) is 0.986. The molecule has 19 heavy (non-hydrogen) atoms. The van der Waals surface area contributed by atoms with Crippen molar-refractivity contribution in [1.82, 2.24) is 10.2 Å². The average molecular weight is 262 g/mol. The van der Waals surface area contributed by atoms with E-state index in [-0.39, 0.29) is 17.3 Å². The number of aromatic amines is 1. The number of methoxy groups -OCH3 is 2. The van der Waals surface area contributed by atoms with Gasteiger partial charge in [0, 0.05) is 11.8 Å². The van der Waals surface area contributed by atoms with Gasteiger partial charge >= 0.3 is 0 Å². The minimum atomic E-state index is -0.349. The van der Waals surface area contributed by atoms with Gasteiger partial charge in [-0.3, -0.25) is 9.89 Å². The van der Waals surface area contributed by atoms with E-state index in [1.54, 1.807) is 25.3 Å². The number of hydrogen-bond donors (Lipinski definition) is 3. The van der Waals surface area contributed by atoms with Gasteiger partial charge < -0.3 is 20.5 Å². The van der Waals surface area contributed by atoms with Crippen molar-refractivity contribution < 1.29 is 14.3 Å². The number of benzene rings is 1. The molecular formula is C12H14N4O3. The van der Waals surface area contributed by atoms with E-state index < -0.39 is 0 Å². The van der Waals surface area contributed by atoms with Crippen LogP contribution in [0.25, 0.3) is 0 Å². The molecule has 0 unspecified atom stereocenters. The average Bonchev–Trinajstić information content (AvgIpc) is 2.85. The molecule has 2 rings (SSSR count). The van der Waals surface area contributed by atoms with Crippen LogP contribution in [-0.2, 0) is 0 Å². The van der Waals surface area contributed by atoms with Crippen molar-refractivity contribution >= 4 is 17.4 Å². The number of nitrogen functional groups attached to an aromatic ring is 1. The van der Waals surface area contributed by atoms with Crippen molar-refractivity contribution in [2.75, 3.05) is 25.3 Å².